The van der Waals surface area contributed by atoms with E-state index < -0.39 is 6.04 Å². The summed E-state index contributed by atoms with van der Waals surface area (Å²) in [5, 5.41) is 3.41. The molecule has 9 nitrogen and oxygen atoms in total. The summed E-state index contributed by atoms with van der Waals surface area (Å²) in [6.07, 6.45) is 0. The molecule has 4 rings (SSSR count). The van der Waals surface area contributed by atoms with Crippen LogP contribution >= 0.6 is 15.9 Å². The highest BCUT2D eigenvalue weighted by Crippen LogP contribution is 2.37. The van der Waals surface area contributed by atoms with E-state index in [4.69, 9.17) is 19.2 Å². The Morgan fingerprint density at radius 1 is 1.08 bits per heavy atom. The molecule has 0 spiro atoms. The van der Waals surface area contributed by atoms with Gasteiger partial charge in [0.05, 0.1) is 47.9 Å². The molecule has 0 bridgehead atoms. The number of fused-ring (bicyclic) bond motifs is 1. The minimum Gasteiger partial charge on any atom is -0.497 e. The van der Waals surface area contributed by atoms with Gasteiger partial charge in [0.2, 0.25) is 0 Å². The molecule has 1 N–H and O–H groups in total. The Bertz CT molecular complexity index is 1550. The van der Waals surface area contributed by atoms with E-state index in [9.17, 15) is 9.59 Å². The third-order valence-corrected chi connectivity index (χ3v) is 7.20. The molecule has 0 saturated carbocycles. The maximum Gasteiger partial charge on any atom is 0.322 e. The molecule has 10 heteroatoms. The number of urea groups is 1. The first kappa shape index (κ1) is 28.1. The zero-order chi connectivity index (χ0) is 28.1. The van der Waals surface area contributed by atoms with Gasteiger partial charge < -0.3 is 24.4 Å². The minimum absolute atomic E-state index is 0.264. The molecule has 1 atom stereocenters. The number of methoxy groups -OCH3 is 3. The fourth-order valence-electron chi connectivity index (χ4n) is 4.37. The average molecular weight is 595 g/mol. The molecule has 0 fully saturated rings. The number of carbonyl (C=O) groups excluding carboxylic acids is 1. The maximum atomic E-state index is 14.0. The predicted octanol–water partition coefficient (Wildman–Crippen LogP) is 5.72. The lowest BCUT2D eigenvalue weighted by atomic mass is 10.1. The molecule has 39 heavy (non-hydrogen) atoms. The zero-order valence-corrected chi connectivity index (χ0v) is 24.1. The minimum atomic E-state index is -0.633. The van der Waals surface area contributed by atoms with Crippen molar-refractivity contribution in [2.75, 3.05) is 39.8 Å². The Hall–Kier alpha value is -3.89. The summed E-state index contributed by atoms with van der Waals surface area (Å²) in [7, 11) is 4.65. The Labute approximate surface area is 235 Å². The number of ether oxygens (including phenoxy) is 3. The van der Waals surface area contributed by atoms with Crippen LogP contribution in [0.5, 0.6) is 11.5 Å². The van der Waals surface area contributed by atoms with Crippen LogP contribution in [-0.4, -0.2) is 55.0 Å². The first-order valence-electron chi connectivity index (χ1n) is 12.4. The van der Waals surface area contributed by atoms with Crippen molar-refractivity contribution in [1.29, 1.82) is 0 Å². The van der Waals surface area contributed by atoms with Gasteiger partial charge in [0, 0.05) is 31.5 Å². The lowest BCUT2D eigenvalue weighted by molar-refractivity contribution is 0.137. The van der Waals surface area contributed by atoms with Crippen molar-refractivity contribution in [1.82, 2.24) is 14.5 Å². The van der Waals surface area contributed by atoms with Gasteiger partial charge in [0.15, 0.2) is 0 Å². The number of carbonyl (C=O) groups is 1. The summed E-state index contributed by atoms with van der Waals surface area (Å²) in [5.74, 6) is 1.35. The Balaban J connectivity index is 1.91. The van der Waals surface area contributed by atoms with Crippen LogP contribution < -0.4 is 20.3 Å². The quantitative estimate of drug-likeness (QED) is 0.266. The van der Waals surface area contributed by atoms with Crippen LogP contribution in [-0.2, 0) is 4.74 Å². The second kappa shape index (κ2) is 12.3. The van der Waals surface area contributed by atoms with Gasteiger partial charge in [0.25, 0.3) is 5.56 Å². The van der Waals surface area contributed by atoms with Gasteiger partial charge in [-0.15, -0.1) is 0 Å². The standard InChI is InChI=1S/C29H31BrN4O5/c1-18-9-8-10-20(15-18)31-29(36)33(13-14-37-3)19(2)27-32-23-12-7-6-11-22(23)28(35)34(27)24-16-21(38-4)17-25(39-5)26(24)30/h6-12,15-17,19H,13-14H2,1-5H3,(H,31,36). The molecule has 1 aromatic heterocycles. The molecule has 0 saturated heterocycles. The molecule has 4 aromatic rings. The number of benzene rings is 3. The molecule has 2 amide bonds. The fraction of sp³-hybridized carbons (Fsp3) is 0.276. The van der Waals surface area contributed by atoms with Crippen LogP contribution in [0.25, 0.3) is 16.6 Å². The van der Waals surface area contributed by atoms with Gasteiger partial charge in [-0.1, -0.05) is 24.3 Å². The van der Waals surface area contributed by atoms with Crippen LogP contribution in [0.15, 0.2) is 69.9 Å². The average Bonchev–Trinajstić information content (AvgIpc) is 2.93. The lowest BCUT2D eigenvalue weighted by Crippen LogP contribution is -2.41. The van der Waals surface area contributed by atoms with E-state index in [2.05, 4.69) is 21.2 Å². The third kappa shape index (κ3) is 5.91. The van der Waals surface area contributed by atoms with E-state index in [0.29, 0.717) is 50.7 Å². The topological polar surface area (TPSA) is 94.9 Å². The lowest BCUT2D eigenvalue weighted by Gasteiger charge is -2.31. The van der Waals surface area contributed by atoms with Crippen LogP contribution in [0, 0.1) is 6.92 Å². The van der Waals surface area contributed by atoms with E-state index in [0.717, 1.165) is 5.56 Å². The number of para-hydroxylation sites is 1. The number of rotatable bonds is 9. The van der Waals surface area contributed by atoms with Crippen molar-refractivity contribution in [2.24, 2.45) is 0 Å². The van der Waals surface area contributed by atoms with E-state index in [1.54, 1.807) is 49.5 Å². The summed E-state index contributed by atoms with van der Waals surface area (Å²) in [6.45, 7) is 4.35. The van der Waals surface area contributed by atoms with Crippen molar-refractivity contribution >= 4 is 38.6 Å². The number of halogens is 1. The summed E-state index contributed by atoms with van der Waals surface area (Å²) in [5.41, 5.74) is 2.40. The molecule has 0 aliphatic carbocycles. The summed E-state index contributed by atoms with van der Waals surface area (Å²) in [6, 6.07) is 17.2. The highest BCUT2D eigenvalue weighted by molar-refractivity contribution is 9.10. The number of hydrogen-bond acceptors (Lipinski definition) is 6. The Morgan fingerprint density at radius 2 is 1.85 bits per heavy atom. The van der Waals surface area contributed by atoms with E-state index in [1.165, 1.54) is 11.7 Å². The molecular formula is C29H31BrN4O5. The van der Waals surface area contributed by atoms with Crippen LogP contribution in [0.4, 0.5) is 10.5 Å². The van der Waals surface area contributed by atoms with Gasteiger partial charge in [-0.05, 0) is 59.6 Å². The molecule has 0 aliphatic rings. The maximum absolute atomic E-state index is 14.0. The van der Waals surface area contributed by atoms with E-state index >= 15 is 0 Å². The van der Waals surface area contributed by atoms with Gasteiger partial charge in [-0.2, -0.15) is 0 Å². The fourth-order valence-corrected chi connectivity index (χ4v) is 4.94. The second-order valence-corrected chi connectivity index (χ2v) is 9.75. The number of nitrogens with zero attached hydrogens (tertiary/aromatic N) is 3. The van der Waals surface area contributed by atoms with Crippen LogP contribution in [0.2, 0.25) is 0 Å². The van der Waals surface area contributed by atoms with Gasteiger partial charge in [-0.3, -0.25) is 9.36 Å². The van der Waals surface area contributed by atoms with Gasteiger partial charge in [-0.25, -0.2) is 9.78 Å². The van der Waals surface area contributed by atoms with Crippen molar-refractivity contribution in [3.8, 4) is 17.2 Å². The summed E-state index contributed by atoms with van der Waals surface area (Å²) >= 11 is 3.60. The molecule has 0 aliphatic heterocycles. The molecule has 0 radical (unpaired) electrons. The molecule has 3 aromatic carbocycles. The van der Waals surface area contributed by atoms with Gasteiger partial charge >= 0.3 is 6.03 Å². The number of hydrogen-bond donors (Lipinski definition) is 1. The SMILES string of the molecule is COCCN(C(=O)Nc1cccc(C)c1)C(C)c1nc2ccccc2c(=O)n1-c1cc(OC)cc(OC)c1Br. The molecular weight excluding hydrogens is 564 g/mol. The van der Waals surface area contributed by atoms with Gasteiger partial charge in [0.1, 0.15) is 17.3 Å². The number of anilines is 1. The second-order valence-electron chi connectivity index (χ2n) is 8.95. The van der Waals surface area contributed by atoms with E-state index in [1.807, 2.05) is 44.2 Å². The number of nitrogens with one attached hydrogen (secondary N) is 1. The van der Waals surface area contributed by atoms with Crippen molar-refractivity contribution < 1.29 is 19.0 Å². The number of aryl methyl sites for hydroxylation is 1. The largest absolute Gasteiger partial charge is 0.497 e. The zero-order valence-electron chi connectivity index (χ0n) is 22.5. The molecule has 204 valence electrons. The van der Waals surface area contributed by atoms with Crippen molar-refractivity contribution in [3.05, 3.63) is 86.9 Å². The number of amides is 2. The molecule has 1 unspecified atom stereocenters. The van der Waals surface area contributed by atoms with Crippen molar-refractivity contribution in [3.63, 3.8) is 0 Å². The van der Waals surface area contributed by atoms with E-state index in [-0.39, 0.29) is 18.1 Å². The Morgan fingerprint density at radius 3 is 2.54 bits per heavy atom. The first-order valence-corrected chi connectivity index (χ1v) is 13.1. The summed E-state index contributed by atoms with van der Waals surface area (Å²) < 4.78 is 18.4. The first-order chi connectivity index (χ1) is 18.8. The third-order valence-electron chi connectivity index (χ3n) is 6.40. The highest BCUT2D eigenvalue weighted by Gasteiger charge is 2.28. The molecule has 1 heterocycles. The number of aromatic nitrogens is 2. The Kier molecular flexibility index (Phi) is 8.88. The van der Waals surface area contributed by atoms with Crippen molar-refractivity contribution in [2.45, 2.75) is 19.9 Å². The smallest absolute Gasteiger partial charge is 0.322 e. The monoisotopic (exact) mass is 594 g/mol. The normalized spacial score (nSPS) is 11.7. The predicted molar refractivity (Wildman–Crippen MR) is 155 cm³/mol. The van der Waals surface area contributed by atoms with Crippen LogP contribution in [0.1, 0.15) is 24.4 Å². The summed E-state index contributed by atoms with van der Waals surface area (Å²) in [4.78, 5) is 34.1. The van der Waals surface area contributed by atoms with Crippen LogP contribution in [0.3, 0.4) is 0 Å². The highest BCUT2D eigenvalue weighted by atomic mass is 79.9.